The maximum Gasteiger partial charge on any atom is 0.260 e. The normalized spacial score (nSPS) is 21.5. The van der Waals surface area contributed by atoms with Gasteiger partial charge in [0.2, 0.25) is 0 Å². The highest BCUT2D eigenvalue weighted by Crippen LogP contribution is 2.41. The van der Waals surface area contributed by atoms with Gasteiger partial charge in [-0.15, -0.1) is 11.3 Å². The van der Waals surface area contributed by atoms with Gasteiger partial charge in [-0.05, 0) is 47.2 Å². The Hall–Kier alpha value is -2.92. The molecule has 122 valence electrons. The first kappa shape index (κ1) is 14.4. The maximum absolute atomic E-state index is 13.4. The van der Waals surface area contributed by atoms with Gasteiger partial charge in [-0.1, -0.05) is 18.2 Å². The maximum atomic E-state index is 13.4. The molecule has 1 amide bonds. The molecule has 1 aromatic heterocycles. The predicted molar refractivity (Wildman–Crippen MR) is 96.7 cm³/mol. The zero-order chi connectivity index (χ0) is 17.0. The van der Waals surface area contributed by atoms with Crippen molar-refractivity contribution in [2.45, 2.75) is 6.10 Å². The summed E-state index contributed by atoms with van der Waals surface area (Å²) in [6.07, 6.45) is 3.55. The summed E-state index contributed by atoms with van der Waals surface area (Å²) in [4.78, 5) is 12.3. The number of fused-ring (bicyclic) bond motifs is 2. The van der Waals surface area contributed by atoms with E-state index in [4.69, 9.17) is 4.74 Å². The van der Waals surface area contributed by atoms with Gasteiger partial charge < -0.3 is 10.1 Å². The van der Waals surface area contributed by atoms with E-state index in [1.807, 2.05) is 24.3 Å². The number of benzene rings is 2. The molecule has 3 nitrogen and oxygen atoms in total. The monoisotopic (exact) mass is 349 g/mol. The molecule has 1 N–H and O–H groups in total. The highest BCUT2D eigenvalue weighted by molar-refractivity contribution is 7.17. The van der Waals surface area contributed by atoms with Crippen molar-refractivity contribution in [3.63, 3.8) is 0 Å². The minimum atomic E-state index is -0.379. The number of carbonyl (C=O) groups excluding carboxylic acids is 1. The lowest BCUT2D eigenvalue weighted by Gasteiger charge is -2.11. The largest absolute Gasteiger partial charge is 0.481 e. The summed E-state index contributed by atoms with van der Waals surface area (Å²) >= 11 is 1.67. The topological polar surface area (TPSA) is 38.3 Å². The Labute approximate surface area is 147 Å². The second-order valence-corrected chi connectivity index (χ2v) is 6.88. The molecule has 0 saturated carbocycles. The molecule has 0 spiro atoms. The summed E-state index contributed by atoms with van der Waals surface area (Å²) in [5.41, 5.74) is 2.69. The second-order valence-electron chi connectivity index (χ2n) is 5.97. The number of thiophene rings is 1. The van der Waals surface area contributed by atoms with E-state index in [9.17, 15) is 9.18 Å². The Bertz CT molecular complexity index is 1100. The molecule has 0 saturated heterocycles. The van der Waals surface area contributed by atoms with Crippen LogP contribution in [0.15, 0.2) is 65.8 Å². The molecule has 2 aromatic carbocycles. The first-order valence-electron chi connectivity index (χ1n) is 7.87. The number of hydrogen-bond donors (Lipinski definition) is 1. The van der Waals surface area contributed by atoms with Crippen LogP contribution in [0.25, 0.3) is 15.7 Å². The second kappa shape index (κ2) is 5.29. The van der Waals surface area contributed by atoms with Crippen molar-refractivity contribution in [3.8, 4) is 0 Å². The number of rotatable bonds is 1. The van der Waals surface area contributed by atoms with Crippen molar-refractivity contribution in [3.05, 3.63) is 82.7 Å². The van der Waals surface area contributed by atoms with Crippen LogP contribution < -0.4 is 5.32 Å². The molecule has 2 aliphatic rings. The number of anilines is 1. The minimum Gasteiger partial charge on any atom is -0.481 e. The molecule has 0 aliphatic carbocycles. The molecule has 0 fully saturated rings. The summed E-state index contributed by atoms with van der Waals surface area (Å²) in [5, 5.41) is 5.94. The Balaban J connectivity index is 1.55. The third-order valence-electron chi connectivity index (χ3n) is 4.47. The predicted octanol–water partition coefficient (Wildman–Crippen LogP) is 5.03. The van der Waals surface area contributed by atoms with Gasteiger partial charge in [-0.2, -0.15) is 0 Å². The highest BCUT2D eigenvalue weighted by atomic mass is 32.1. The Morgan fingerprint density at radius 1 is 1.16 bits per heavy atom. The van der Waals surface area contributed by atoms with E-state index in [1.165, 1.54) is 16.8 Å². The SMILES string of the molecule is O=C1Nc2cc(F)ccc2C1=C1C=CC(c2csc3ccccc23)O1. The van der Waals surface area contributed by atoms with Gasteiger partial charge in [0.05, 0.1) is 11.3 Å². The van der Waals surface area contributed by atoms with Crippen LogP contribution in [0.5, 0.6) is 0 Å². The molecular formula is C20H12FNO2S. The summed E-state index contributed by atoms with van der Waals surface area (Å²) < 4.78 is 20.7. The van der Waals surface area contributed by atoms with Crippen LogP contribution in [0.2, 0.25) is 0 Å². The van der Waals surface area contributed by atoms with Gasteiger partial charge in [0.15, 0.2) is 0 Å². The zero-order valence-electron chi connectivity index (χ0n) is 13.0. The van der Waals surface area contributed by atoms with E-state index in [0.717, 1.165) is 10.9 Å². The number of nitrogens with one attached hydrogen (secondary N) is 1. The third-order valence-corrected chi connectivity index (χ3v) is 5.45. The lowest BCUT2D eigenvalue weighted by molar-refractivity contribution is -0.110. The van der Waals surface area contributed by atoms with Crippen molar-refractivity contribution >= 4 is 38.6 Å². The third kappa shape index (κ3) is 2.20. The summed E-state index contributed by atoms with van der Waals surface area (Å²) in [6.45, 7) is 0. The van der Waals surface area contributed by atoms with Crippen LogP contribution in [0, 0.1) is 5.82 Å². The van der Waals surface area contributed by atoms with Gasteiger partial charge in [0.25, 0.3) is 5.91 Å². The average molecular weight is 349 g/mol. The van der Waals surface area contributed by atoms with Crippen LogP contribution in [-0.4, -0.2) is 5.91 Å². The molecule has 1 atom stereocenters. The molecule has 3 aromatic rings. The van der Waals surface area contributed by atoms with Gasteiger partial charge >= 0.3 is 0 Å². The summed E-state index contributed by atoms with van der Waals surface area (Å²) in [7, 11) is 0. The minimum absolute atomic E-state index is 0.226. The fraction of sp³-hybridized carbons (Fsp3) is 0.0500. The highest BCUT2D eigenvalue weighted by Gasteiger charge is 2.31. The van der Waals surface area contributed by atoms with Crippen molar-refractivity contribution in [1.29, 1.82) is 0 Å². The fourth-order valence-corrected chi connectivity index (χ4v) is 4.29. The first-order valence-corrected chi connectivity index (χ1v) is 8.75. The van der Waals surface area contributed by atoms with E-state index in [2.05, 4.69) is 22.8 Å². The van der Waals surface area contributed by atoms with E-state index in [1.54, 1.807) is 17.4 Å². The van der Waals surface area contributed by atoms with Gasteiger partial charge in [-0.25, -0.2) is 4.39 Å². The Morgan fingerprint density at radius 2 is 2.04 bits per heavy atom. The molecule has 1 unspecified atom stereocenters. The van der Waals surface area contributed by atoms with Crippen LogP contribution in [0.3, 0.4) is 0 Å². The van der Waals surface area contributed by atoms with E-state index in [0.29, 0.717) is 22.6 Å². The zero-order valence-corrected chi connectivity index (χ0v) is 13.8. The van der Waals surface area contributed by atoms with E-state index in [-0.39, 0.29) is 17.8 Å². The molecule has 0 bridgehead atoms. The number of allylic oxidation sites excluding steroid dienone is 1. The van der Waals surface area contributed by atoms with Crippen molar-refractivity contribution < 1.29 is 13.9 Å². The van der Waals surface area contributed by atoms with E-state index >= 15 is 0 Å². The van der Waals surface area contributed by atoms with Crippen LogP contribution >= 0.6 is 11.3 Å². The molecule has 25 heavy (non-hydrogen) atoms. The molecule has 3 heterocycles. The molecule has 5 rings (SSSR count). The van der Waals surface area contributed by atoms with Gasteiger partial charge in [-0.3, -0.25) is 4.79 Å². The Kier molecular flexibility index (Phi) is 3.05. The summed E-state index contributed by atoms with van der Waals surface area (Å²) in [5.74, 6) is -0.130. The number of ether oxygens (including phenoxy) is 1. The van der Waals surface area contributed by atoms with Crippen molar-refractivity contribution in [1.82, 2.24) is 0 Å². The van der Waals surface area contributed by atoms with Crippen molar-refractivity contribution in [2.24, 2.45) is 0 Å². The first-order chi connectivity index (χ1) is 12.2. The molecule has 0 radical (unpaired) electrons. The molecule has 5 heteroatoms. The van der Waals surface area contributed by atoms with Gasteiger partial charge in [0.1, 0.15) is 17.7 Å². The molecular weight excluding hydrogens is 337 g/mol. The average Bonchev–Trinajstić information content (AvgIpc) is 3.29. The van der Waals surface area contributed by atoms with Crippen LogP contribution in [0.1, 0.15) is 17.2 Å². The fourth-order valence-electron chi connectivity index (χ4n) is 3.31. The van der Waals surface area contributed by atoms with Crippen LogP contribution in [-0.2, 0) is 9.53 Å². The van der Waals surface area contributed by atoms with Crippen molar-refractivity contribution in [2.75, 3.05) is 5.32 Å². The van der Waals surface area contributed by atoms with Gasteiger partial charge in [0, 0.05) is 15.8 Å². The standard InChI is InChI=1S/C20H12FNO2S/c21-11-5-6-13-15(9-11)22-20(23)19(13)17-8-7-16(24-17)14-10-25-18-4-2-1-3-12(14)18/h1-10,16H,(H,22,23). The van der Waals surface area contributed by atoms with Crippen LogP contribution in [0.4, 0.5) is 10.1 Å². The number of hydrogen-bond acceptors (Lipinski definition) is 3. The summed E-state index contributed by atoms with van der Waals surface area (Å²) in [6, 6.07) is 12.5. The lowest BCUT2D eigenvalue weighted by Crippen LogP contribution is -2.06. The Morgan fingerprint density at radius 3 is 2.96 bits per heavy atom. The number of halogens is 1. The number of amides is 1. The lowest BCUT2D eigenvalue weighted by atomic mass is 10.1. The molecule has 2 aliphatic heterocycles. The number of carbonyl (C=O) groups is 1. The smallest absolute Gasteiger partial charge is 0.260 e. The quantitative estimate of drug-likeness (QED) is 0.626. The van der Waals surface area contributed by atoms with E-state index < -0.39 is 0 Å².